The predicted molar refractivity (Wildman–Crippen MR) is 70.5 cm³/mol. The highest BCUT2D eigenvalue weighted by atomic mass is 32.1. The molecule has 18 heavy (non-hydrogen) atoms. The summed E-state index contributed by atoms with van der Waals surface area (Å²) in [5, 5.41) is 20.9. The molecule has 98 valence electrons. The Kier molecular flexibility index (Phi) is 4.43. The number of thiazole rings is 1. The van der Waals surface area contributed by atoms with Crippen LogP contribution < -0.4 is 0 Å². The van der Waals surface area contributed by atoms with Gasteiger partial charge in [-0.1, -0.05) is 19.1 Å². The van der Waals surface area contributed by atoms with E-state index in [4.69, 9.17) is 0 Å². The van der Waals surface area contributed by atoms with Crippen molar-refractivity contribution in [2.75, 3.05) is 0 Å². The van der Waals surface area contributed by atoms with Crippen molar-refractivity contribution in [2.24, 2.45) is 0 Å². The molecule has 0 saturated carbocycles. The second kappa shape index (κ2) is 6.06. The minimum absolute atomic E-state index is 0.523. The molecule has 2 heterocycles. The Hall–Kier alpha value is -1.27. The molecule has 0 bridgehead atoms. The monoisotopic (exact) mass is 266 g/mol. The molecule has 0 saturated heterocycles. The molecular formula is C12H18N4OS. The van der Waals surface area contributed by atoms with Crippen molar-refractivity contribution in [3.63, 3.8) is 0 Å². The Morgan fingerprint density at radius 1 is 1.44 bits per heavy atom. The SMILES string of the molecule is CCCc1nc(Cn2cc(C(O)CC)nn2)cs1. The molecule has 0 aromatic carbocycles. The van der Waals surface area contributed by atoms with Crippen LogP contribution in [0, 0.1) is 0 Å². The number of aryl methyl sites for hydroxylation is 1. The highest BCUT2D eigenvalue weighted by Crippen LogP contribution is 2.15. The van der Waals surface area contributed by atoms with E-state index in [0.29, 0.717) is 18.7 Å². The first-order valence-corrected chi connectivity index (χ1v) is 7.12. The van der Waals surface area contributed by atoms with Gasteiger partial charge in [0.1, 0.15) is 5.69 Å². The topological polar surface area (TPSA) is 63.8 Å². The summed E-state index contributed by atoms with van der Waals surface area (Å²) in [6, 6.07) is 0. The Balaban J connectivity index is 2.01. The van der Waals surface area contributed by atoms with E-state index in [2.05, 4.69) is 27.6 Å². The van der Waals surface area contributed by atoms with E-state index < -0.39 is 6.10 Å². The zero-order valence-corrected chi connectivity index (χ0v) is 11.5. The molecule has 6 heteroatoms. The van der Waals surface area contributed by atoms with Gasteiger partial charge in [0.25, 0.3) is 0 Å². The summed E-state index contributed by atoms with van der Waals surface area (Å²) < 4.78 is 1.72. The Bertz CT molecular complexity index is 494. The average molecular weight is 266 g/mol. The maximum atomic E-state index is 9.65. The highest BCUT2D eigenvalue weighted by molar-refractivity contribution is 7.09. The Morgan fingerprint density at radius 2 is 2.28 bits per heavy atom. The van der Waals surface area contributed by atoms with E-state index >= 15 is 0 Å². The first-order valence-electron chi connectivity index (χ1n) is 6.24. The van der Waals surface area contributed by atoms with Crippen molar-refractivity contribution in [3.8, 4) is 0 Å². The van der Waals surface area contributed by atoms with E-state index in [1.807, 2.05) is 6.92 Å². The number of nitrogens with zero attached hydrogens (tertiary/aromatic N) is 4. The van der Waals surface area contributed by atoms with Gasteiger partial charge in [-0.2, -0.15) is 0 Å². The van der Waals surface area contributed by atoms with E-state index in [-0.39, 0.29) is 0 Å². The molecule has 0 aliphatic rings. The molecule has 0 fully saturated rings. The summed E-state index contributed by atoms with van der Waals surface area (Å²) in [6.07, 6.45) is 4.05. The lowest BCUT2D eigenvalue weighted by Crippen LogP contribution is -2.01. The molecular weight excluding hydrogens is 248 g/mol. The Labute approximate surface area is 110 Å². The van der Waals surface area contributed by atoms with E-state index in [1.165, 1.54) is 5.01 Å². The lowest BCUT2D eigenvalue weighted by atomic mass is 10.2. The summed E-state index contributed by atoms with van der Waals surface area (Å²) in [7, 11) is 0. The van der Waals surface area contributed by atoms with Crippen LogP contribution in [0.4, 0.5) is 0 Å². The smallest absolute Gasteiger partial charge is 0.111 e. The summed E-state index contributed by atoms with van der Waals surface area (Å²) >= 11 is 1.69. The van der Waals surface area contributed by atoms with Crippen molar-refractivity contribution in [1.82, 2.24) is 20.0 Å². The van der Waals surface area contributed by atoms with E-state index in [9.17, 15) is 5.11 Å². The molecule has 2 rings (SSSR count). The molecule has 1 unspecified atom stereocenters. The minimum Gasteiger partial charge on any atom is -0.387 e. The van der Waals surface area contributed by atoms with Crippen LogP contribution in [0.5, 0.6) is 0 Å². The molecule has 0 aliphatic heterocycles. The molecule has 1 atom stereocenters. The summed E-state index contributed by atoms with van der Waals surface area (Å²) in [5.41, 5.74) is 1.63. The molecule has 0 amide bonds. The highest BCUT2D eigenvalue weighted by Gasteiger charge is 2.10. The lowest BCUT2D eigenvalue weighted by molar-refractivity contribution is 0.168. The van der Waals surface area contributed by atoms with Crippen molar-refractivity contribution >= 4 is 11.3 Å². The van der Waals surface area contributed by atoms with Crippen molar-refractivity contribution in [2.45, 2.75) is 45.8 Å². The van der Waals surface area contributed by atoms with E-state index in [0.717, 1.165) is 18.5 Å². The molecule has 1 N–H and O–H groups in total. The van der Waals surface area contributed by atoms with Crippen LogP contribution in [0.3, 0.4) is 0 Å². The standard InChI is InChI=1S/C12H18N4OS/c1-3-5-12-13-9(8-18-12)6-16-7-10(14-15-16)11(17)4-2/h7-8,11,17H,3-6H2,1-2H3. The zero-order chi connectivity index (χ0) is 13.0. The molecule has 2 aromatic rings. The number of rotatable bonds is 6. The molecule has 0 aliphatic carbocycles. The fraction of sp³-hybridized carbons (Fsp3) is 0.583. The van der Waals surface area contributed by atoms with Crippen LogP contribution in [0.25, 0.3) is 0 Å². The third kappa shape index (κ3) is 3.14. The van der Waals surface area contributed by atoms with Gasteiger partial charge >= 0.3 is 0 Å². The molecule has 5 nitrogen and oxygen atoms in total. The summed E-state index contributed by atoms with van der Waals surface area (Å²) in [6.45, 7) is 4.68. The number of aromatic nitrogens is 4. The number of hydrogen-bond donors (Lipinski definition) is 1. The van der Waals surface area contributed by atoms with Gasteiger partial charge in [-0.05, 0) is 19.3 Å². The maximum absolute atomic E-state index is 9.65. The van der Waals surface area contributed by atoms with E-state index in [1.54, 1.807) is 22.2 Å². The van der Waals surface area contributed by atoms with Crippen molar-refractivity contribution < 1.29 is 5.11 Å². The fourth-order valence-electron chi connectivity index (χ4n) is 1.67. The van der Waals surface area contributed by atoms with Gasteiger partial charge < -0.3 is 5.11 Å². The van der Waals surface area contributed by atoms with Gasteiger partial charge in [-0.25, -0.2) is 9.67 Å². The minimum atomic E-state index is -0.523. The van der Waals surface area contributed by atoms with Gasteiger partial charge in [0, 0.05) is 5.38 Å². The number of hydrogen-bond acceptors (Lipinski definition) is 5. The third-order valence-electron chi connectivity index (χ3n) is 2.67. The van der Waals surface area contributed by atoms with Crippen LogP contribution in [0.1, 0.15) is 49.2 Å². The lowest BCUT2D eigenvalue weighted by Gasteiger charge is -2.00. The number of aliphatic hydroxyl groups excluding tert-OH is 1. The number of aliphatic hydroxyl groups is 1. The molecule has 0 spiro atoms. The second-order valence-corrected chi connectivity index (χ2v) is 5.19. The predicted octanol–water partition coefficient (Wildman–Crippen LogP) is 2.18. The molecule has 2 aromatic heterocycles. The first-order chi connectivity index (χ1) is 8.72. The maximum Gasteiger partial charge on any atom is 0.111 e. The van der Waals surface area contributed by atoms with Crippen LogP contribution in [0.2, 0.25) is 0 Å². The van der Waals surface area contributed by atoms with Crippen LogP contribution in [-0.2, 0) is 13.0 Å². The van der Waals surface area contributed by atoms with Crippen LogP contribution in [0.15, 0.2) is 11.6 Å². The van der Waals surface area contributed by atoms with Gasteiger partial charge in [0.05, 0.1) is 29.5 Å². The normalized spacial score (nSPS) is 12.8. The summed E-state index contributed by atoms with van der Waals surface area (Å²) in [4.78, 5) is 4.54. The Morgan fingerprint density at radius 3 is 3.00 bits per heavy atom. The van der Waals surface area contributed by atoms with Gasteiger partial charge in [0.15, 0.2) is 0 Å². The van der Waals surface area contributed by atoms with Crippen molar-refractivity contribution in [1.29, 1.82) is 0 Å². The average Bonchev–Trinajstić information content (AvgIpc) is 2.99. The third-order valence-corrected chi connectivity index (χ3v) is 3.63. The van der Waals surface area contributed by atoms with Gasteiger partial charge in [-0.3, -0.25) is 0 Å². The van der Waals surface area contributed by atoms with Crippen LogP contribution in [-0.4, -0.2) is 25.1 Å². The largest absolute Gasteiger partial charge is 0.387 e. The zero-order valence-electron chi connectivity index (χ0n) is 10.7. The first kappa shape index (κ1) is 13.2. The van der Waals surface area contributed by atoms with Gasteiger partial charge in [0.2, 0.25) is 0 Å². The van der Waals surface area contributed by atoms with Crippen molar-refractivity contribution in [3.05, 3.63) is 28.0 Å². The quantitative estimate of drug-likeness (QED) is 0.870. The summed E-state index contributed by atoms with van der Waals surface area (Å²) in [5.74, 6) is 0. The van der Waals surface area contributed by atoms with Gasteiger partial charge in [-0.15, -0.1) is 16.4 Å². The fourth-order valence-corrected chi connectivity index (χ4v) is 2.56. The van der Waals surface area contributed by atoms with Crippen LogP contribution >= 0.6 is 11.3 Å². The molecule has 0 radical (unpaired) electrons. The second-order valence-electron chi connectivity index (χ2n) is 4.25.